The lowest BCUT2D eigenvalue weighted by Crippen LogP contribution is -2.39. The normalized spacial score (nSPS) is 15.2. The number of hydrogen-bond acceptors (Lipinski definition) is 5. The van der Waals surface area contributed by atoms with Crippen molar-refractivity contribution in [1.29, 1.82) is 0 Å². The lowest BCUT2D eigenvalue weighted by atomic mass is 10.2. The molecule has 0 spiro atoms. The Hall–Kier alpha value is -3.43. The van der Waals surface area contributed by atoms with Crippen LogP contribution in [0.5, 0.6) is 0 Å². The van der Waals surface area contributed by atoms with Gasteiger partial charge in [-0.1, -0.05) is 42.5 Å². The molecule has 4 heterocycles. The third-order valence-electron chi connectivity index (χ3n) is 6.50. The summed E-state index contributed by atoms with van der Waals surface area (Å²) in [6.45, 7) is 7.53. The Morgan fingerprint density at radius 3 is 2.59 bits per heavy atom. The Bertz CT molecular complexity index is 1450. The number of hydrogen-bond donors (Lipinski definition) is 0. The number of allylic oxidation sites excluding steroid dienone is 1. The summed E-state index contributed by atoms with van der Waals surface area (Å²) >= 11 is 0. The van der Waals surface area contributed by atoms with Crippen molar-refractivity contribution in [3.8, 4) is 0 Å². The van der Waals surface area contributed by atoms with E-state index in [1.54, 1.807) is 7.05 Å². The molecule has 0 atom stereocenters. The van der Waals surface area contributed by atoms with Crippen molar-refractivity contribution in [3.05, 3.63) is 74.7 Å². The van der Waals surface area contributed by atoms with Crippen LogP contribution in [0.3, 0.4) is 0 Å². The molecule has 3 aromatic heterocycles. The first-order valence-corrected chi connectivity index (χ1v) is 11.7. The highest BCUT2D eigenvalue weighted by atomic mass is 16.5. The molecule has 1 aromatic carbocycles. The van der Waals surface area contributed by atoms with Crippen LogP contribution in [0, 0.1) is 6.92 Å². The van der Waals surface area contributed by atoms with Gasteiger partial charge in [0, 0.05) is 51.7 Å². The summed E-state index contributed by atoms with van der Waals surface area (Å²) in [5.74, 6) is 0.694. The van der Waals surface area contributed by atoms with E-state index in [4.69, 9.17) is 9.72 Å². The highest BCUT2D eigenvalue weighted by molar-refractivity contribution is 5.75. The summed E-state index contributed by atoms with van der Waals surface area (Å²) in [4.78, 5) is 33.5. The van der Waals surface area contributed by atoms with Gasteiger partial charge in [-0.2, -0.15) is 4.98 Å². The largest absolute Gasteiger partial charge is 0.379 e. The lowest BCUT2D eigenvalue weighted by Gasteiger charge is -2.26. The second kappa shape index (κ2) is 9.44. The molecule has 1 saturated heterocycles. The summed E-state index contributed by atoms with van der Waals surface area (Å²) in [5, 5.41) is 0. The van der Waals surface area contributed by atoms with Crippen LogP contribution in [0.25, 0.3) is 23.0 Å². The molecule has 0 bridgehead atoms. The topological polar surface area (TPSA) is 78.7 Å². The van der Waals surface area contributed by atoms with Crippen molar-refractivity contribution in [1.82, 2.24) is 28.0 Å². The molecule has 1 fully saturated rings. The summed E-state index contributed by atoms with van der Waals surface area (Å²) in [5.41, 5.74) is 2.20. The van der Waals surface area contributed by atoms with E-state index in [-0.39, 0.29) is 17.8 Å². The van der Waals surface area contributed by atoms with Gasteiger partial charge >= 0.3 is 5.69 Å². The van der Waals surface area contributed by atoms with Crippen molar-refractivity contribution >= 4 is 23.0 Å². The summed E-state index contributed by atoms with van der Waals surface area (Å²) in [7, 11) is 1.67. The van der Waals surface area contributed by atoms with E-state index in [1.807, 2.05) is 60.0 Å². The standard InChI is InChI=1S/C25H30N6O3/c1-19-18-31-21-22(26-24(31)29(19)13-7-11-28-14-16-34-17-15-28)27(2)25(33)30(23(21)32)12-6-10-20-8-4-3-5-9-20/h3-6,8-10,18H,7,11-17H2,1-2H3/b10-6+. The average molecular weight is 463 g/mol. The fourth-order valence-corrected chi connectivity index (χ4v) is 4.63. The molecule has 4 aromatic rings. The van der Waals surface area contributed by atoms with Gasteiger partial charge in [0.05, 0.1) is 13.2 Å². The predicted molar refractivity (Wildman–Crippen MR) is 132 cm³/mol. The minimum absolute atomic E-state index is 0.197. The number of benzene rings is 1. The zero-order valence-corrected chi connectivity index (χ0v) is 19.7. The van der Waals surface area contributed by atoms with Crippen LogP contribution in [-0.4, -0.2) is 60.8 Å². The van der Waals surface area contributed by atoms with Crippen LogP contribution in [0.4, 0.5) is 0 Å². The second-order valence-electron chi connectivity index (χ2n) is 8.75. The maximum atomic E-state index is 13.4. The quantitative estimate of drug-likeness (QED) is 0.419. The highest BCUT2D eigenvalue weighted by Gasteiger charge is 2.20. The average Bonchev–Trinajstić information content (AvgIpc) is 3.36. The number of nitrogens with zero attached hydrogens (tertiary/aromatic N) is 6. The van der Waals surface area contributed by atoms with Crippen molar-refractivity contribution in [3.63, 3.8) is 0 Å². The maximum absolute atomic E-state index is 13.4. The highest BCUT2D eigenvalue weighted by Crippen LogP contribution is 2.17. The molecule has 34 heavy (non-hydrogen) atoms. The first-order valence-electron chi connectivity index (χ1n) is 11.7. The van der Waals surface area contributed by atoms with Gasteiger partial charge in [-0.05, 0) is 18.9 Å². The van der Waals surface area contributed by atoms with Gasteiger partial charge in [-0.3, -0.25) is 23.2 Å². The number of ether oxygens (including phenoxy) is 1. The molecule has 0 saturated carbocycles. The minimum Gasteiger partial charge on any atom is -0.379 e. The number of aryl methyl sites for hydroxylation is 3. The second-order valence-corrected chi connectivity index (χ2v) is 8.75. The molecule has 0 aliphatic carbocycles. The molecule has 5 rings (SSSR count). The van der Waals surface area contributed by atoms with Crippen molar-refractivity contribution < 1.29 is 4.74 Å². The van der Waals surface area contributed by atoms with Gasteiger partial charge < -0.3 is 9.30 Å². The number of morpholine rings is 1. The number of aromatic nitrogens is 5. The molecule has 0 N–H and O–H groups in total. The van der Waals surface area contributed by atoms with E-state index in [0.29, 0.717) is 16.9 Å². The molecule has 9 nitrogen and oxygen atoms in total. The number of fused-ring (bicyclic) bond motifs is 3. The first kappa shape index (κ1) is 22.4. The minimum atomic E-state index is -0.369. The van der Waals surface area contributed by atoms with Gasteiger partial charge in [-0.15, -0.1) is 0 Å². The Morgan fingerprint density at radius 2 is 1.82 bits per heavy atom. The van der Waals surface area contributed by atoms with E-state index in [9.17, 15) is 9.59 Å². The van der Waals surface area contributed by atoms with Crippen LogP contribution in [0.2, 0.25) is 0 Å². The predicted octanol–water partition coefficient (Wildman–Crippen LogP) is 1.89. The number of imidazole rings is 2. The van der Waals surface area contributed by atoms with E-state index in [0.717, 1.165) is 57.1 Å². The summed E-state index contributed by atoms with van der Waals surface area (Å²) in [6.07, 6.45) is 6.67. The van der Waals surface area contributed by atoms with Crippen LogP contribution in [0.15, 0.2) is 52.2 Å². The zero-order chi connectivity index (χ0) is 23.7. The molecule has 1 aliphatic heterocycles. The Balaban J connectivity index is 1.46. The van der Waals surface area contributed by atoms with Crippen LogP contribution >= 0.6 is 0 Å². The number of rotatable bonds is 7. The van der Waals surface area contributed by atoms with Gasteiger partial charge in [-0.25, -0.2) is 4.79 Å². The van der Waals surface area contributed by atoms with E-state index in [1.165, 1.54) is 9.13 Å². The third-order valence-corrected chi connectivity index (χ3v) is 6.50. The van der Waals surface area contributed by atoms with Crippen LogP contribution < -0.4 is 11.2 Å². The van der Waals surface area contributed by atoms with Gasteiger partial charge in [0.15, 0.2) is 11.2 Å². The van der Waals surface area contributed by atoms with Crippen molar-refractivity contribution in [2.45, 2.75) is 26.4 Å². The molecular weight excluding hydrogens is 432 g/mol. The fraction of sp³-hybridized carbons (Fsp3) is 0.400. The smallest absolute Gasteiger partial charge is 0.332 e. The van der Waals surface area contributed by atoms with E-state index >= 15 is 0 Å². The van der Waals surface area contributed by atoms with Gasteiger partial charge in [0.1, 0.15) is 0 Å². The molecular formula is C25H30N6O3. The Labute approximate surface area is 197 Å². The SMILES string of the molecule is Cc1cn2c3c(=O)n(C/C=C/c4ccccc4)c(=O)n(C)c3nc2n1CCCN1CCOCC1. The van der Waals surface area contributed by atoms with Gasteiger partial charge in [0.2, 0.25) is 5.78 Å². The Kier molecular flexibility index (Phi) is 6.21. The fourth-order valence-electron chi connectivity index (χ4n) is 4.63. The maximum Gasteiger partial charge on any atom is 0.332 e. The molecule has 9 heteroatoms. The van der Waals surface area contributed by atoms with Crippen molar-refractivity contribution in [2.24, 2.45) is 7.05 Å². The zero-order valence-electron chi connectivity index (χ0n) is 19.7. The van der Waals surface area contributed by atoms with E-state index < -0.39 is 0 Å². The van der Waals surface area contributed by atoms with Gasteiger partial charge in [0.25, 0.3) is 5.56 Å². The van der Waals surface area contributed by atoms with E-state index in [2.05, 4.69) is 9.47 Å². The molecule has 1 aliphatic rings. The lowest BCUT2D eigenvalue weighted by molar-refractivity contribution is 0.0369. The third kappa shape index (κ3) is 4.12. The summed E-state index contributed by atoms with van der Waals surface area (Å²) in [6, 6.07) is 9.81. The van der Waals surface area contributed by atoms with Crippen molar-refractivity contribution in [2.75, 3.05) is 32.8 Å². The first-order chi connectivity index (χ1) is 16.5. The van der Waals surface area contributed by atoms with Crippen LogP contribution in [0.1, 0.15) is 17.7 Å². The monoisotopic (exact) mass is 462 g/mol. The molecule has 0 amide bonds. The summed E-state index contributed by atoms with van der Waals surface area (Å²) < 4.78 is 12.1. The molecule has 0 unspecified atom stereocenters. The molecule has 178 valence electrons. The molecule has 0 radical (unpaired) electrons. The Morgan fingerprint density at radius 1 is 1.06 bits per heavy atom. The van der Waals surface area contributed by atoms with Crippen LogP contribution in [-0.2, 0) is 24.9 Å².